The third-order valence-corrected chi connectivity index (χ3v) is 7.34. The van der Waals surface area contributed by atoms with Crippen LogP contribution in [0.5, 0.6) is 0 Å². The van der Waals surface area contributed by atoms with Gasteiger partial charge >= 0.3 is 0 Å². The number of hydrogen-bond acceptors (Lipinski definition) is 3. The van der Waals surface area contributed by atoms with E-state index in [1.54, 1.807) is 7.05 Å². The highest BCUT2D eigenvalue weighted by molar-refractivity contribution is 5.76. The summed E-state index contributed by atoms with van der Waals surface area (Å²) in [6.45, 7) is 4.80. The fourth-order valence-corrected chi connectivity index (χ4v) is 5.37. The van der Waals surface area contributed by atoms with Crippen molar-refractivity contribution in [1.29, 1.82) is 0 Å². The second kappa shape index (κ2) is 14.0. The van der Waals surface area contributed by atoms with Crippen molar-refractivity contribution in [3.8, 4) is 0 Å². The van der Waals surface area contributed by atoms with Crippen LogP contribution in [0.1, 0.15) is 90.4 Å². The Morgan fingerprint density at radius 3 is 1.72 bits per heavy atom. The first-order chi connectivity index (χ1) is 14.1. The number of nitrogens with one attached hydrogen (secondary N) is 3. The SMILES string of the molecule is CCCNCCNC(=O)CCC1CCC(C2CCC(CCC(=O)NC)CC2)CC1. The van der Waals surface area contributed by atoms with Crippen LogP contribution >= 0.6 is 0 Å². The summed E-state index contributed by atoms with van der Waals surface area (Å²) in [4.78, 5) is 23.5. The number of hydrogen-bond donors (Lipinski definition) is 3. The van der Waals surface area contributed by atoms with Crippen LogP contribution in [0, 0.1) is 23.7 Å². The van der Waals surface area contributed by atoms with E-state index in [1.165, 1.54) is 51.4 Å². The van der Waals surface area contributed by atoms with E-state index in [2.05, 4.69) is 22.9 Å². The summed E-state index contributed by atoms with van der Waals surface area (Å²) < 4.78 is 0. The molecule has 2 fully saturated rings. The van der Waals surface area contributed by atoms with Crippen LogP contribution in [-0.4, -0.2) is 38.5 Å². The minimum absolute atomic E-state index is 0.187. The maximum Gasteiger partial charge on any atom is 0.220 e. The molecule has 0 aromatic heterocycles. The Morgan fingerprint density at radius 2 is 1.24 bits per heavy atom. The van der Waals surface area contributed by atoms with E-state index < -0.39 is 0 Å². The van der Waals surface area contributed by atoms with Crippen molar-refractivity contribution >= 4 is 11.8 Å². The van der Waals surface area contributed by atoms with Crippen molar-refractivity contribution in [2.45, 2.75) is 90.4 Å². The molecule has 168 valence electrons. The molecule has 3 N–H and O–H groups in total. The molecule has 0 heterocycles. The molecule has 0 saturated heterocycles. The van der Waals surface area contributed by atoms with Gasteiger partial charge in [0, 0.05) is 33.0 Å². The van der Waals surface area contributed by atoms with Gasteiger partial charge in [0.15, 0.2) is 0 Å². The minimum Gasteiger partial charge on any atom is -0.359 e. The summed E-state index contributed by atoms with van der Waals surface area (Å²) in [5.74, 6) is 3.73. The predicted molar refractivity (Wildman–Crippen MR) is 120 cm³/mol. The fourth-order valence-electron chi connectivity index (χ4n) is 5.37. The first-order valence-corrected chi connectivity index (χ1v) is 12.3. The monoisotopic (exact) mass is 407 g/mol. The fraction of sp³-hybridized carbons (Fsp3) is 0.917. The van der Waals surface area contributed by atoms with Crippen LogP contribution in [0.25, 0.3) is 0 Å². The third kappa shape index (κ3) is 9.50. The molecular formula is C24H45N3O2. The summed E-state index contributed by atoms with van der Waals surface area (Å²) >= 11 is 0. The van der Waals surface area contributed by atoms with E-state index in [-0.39, 0.29) is 11.8 Å². The summed E-state index contributed by atoms with van der Waals surface area (Å²) in [6, 6.07) is 0. The lowest BCUT2D eigenvalue weighted by atomic mass is 9.68. The molecule has 2 aliphatic rings. The molecule has 0 atom stereocenters. The molecule has 2 saturated carbocycles. The van der Waals surface area contributed by atoms with Crippen LogP contribution in [0.2, 0.25) is 0 Å². The van der Waals surface area contributed by atoms with E-state index >= 15 is 0 Å². The van der Waals surface area contributed by atoms with Gasteiger partial charge in [0.1, 0.15) is 0 Å². The number of rotatable bonds is 12. The zero-order valence-corrected chi connectivity index (χ0v) is 18.9. The van der Waals surface area contributed by atoms with Crippen molar-refractivity contribution in [2.75, 3.05) is 26.7 Å². The molecule has 2 aliphatic carbocycles. The quantitative estimate of drug-likeness (QED) is 0.428. The van der Waals surface area contributed by atoms with Crippen molar-refractivity contribution in [3.05, 3.63) is 0 Å². The average molecular weight is 408 g/mol. The van der Waals surface area contributed by atoms with Crippen LogP contribution in [0.3, 0.4) is 0 Å². The molecule has 29 heavy (non-hydrogen) atoms. The Morgan fingerprint density at radius 1 is 0.724 bits per heavy atom. The third-order valence-electron chi connectivity index (χ3n) is 7.34. The van der Waals surface area contributed by atoms with E-state index in [4.69, 9.17) is 0 Å². The Labute approximate surface area is 178 Å². The molecule has 0 bridgehead atoms. The molecule has 0 aromatic carbocycles. The molecule has 0 aromatic rings. The normalized spacial score (nSPS) is 27.4. The van der Waals surface area contributed by atoms with E-state index in [0.717, 1.165) is 62.6 Å². The van der Waals surface area contributed by atoms with Gasteiger partial charge in [-0.15, -0.1) is 0 Å². The lowest BCUT2D eigenvalue weighted by Gasteiger charge is -2.38. The second-order valence-electron chi connectivity index (χ2n) is 9.41. The van der Waals surface area contributed by atoms with Gasteiger partial charge in [0.2, 0.25) is 11.8 Å². The van der Waals surface area contributed by atoms with Gasteiger partial charge in [-0.2, -0.15) is 0 Å². The zero-order chi connectivity index (χ0) is 20.9. The van der Waals surface area contributed by atoms with Gasteiger partial charge in [0.25, 0.3) is 0 Å². The van der Waals surface area contributed by atoms with Crippen molar-refractivity contribution in [2.24, 2.45) is 23.7 Å². The zero-order valence-electron chi connectivity index (χ0n) is 18.9. The summed E-state index contributed by atoms with van der Waals surface area (Å²) in [6.07, 6.45) is 15.4. The van der Waals surface area contributed by atoms with Gasteiger partial charge in [-0.25, -0.2) is 0 Å². The van der Waals surface area contributed by atoms with Gasteiger partial charge in [0.05, 0.1) is 0 Å². The lowest BCUT2D eigenvalue weighted by molar-refractivity contribution is -0.122. The van der Waals surface area contributed by atoms with Gasteiger partial charge in [-0.1, -0.05) is 32.6 Å². The summed E-state index contributed by atoms with van der Waals surface area (Å²) in [5, 5.41) is 9.09. The Balaban J connectivity index is 1.53. The molecule has 2 rings (SSSR count). The topological polar surface area (TPSA) is 70.2 Å². The second-order valence-corrected chi connectivity index (χ2v) is 9.41. The van der Waals surface area contributed by atoms with Crippen LogP contribution < -0.4 is 16.0 Å². The number of carbonyl (C=O) groups is 2. The van der Waals surface area contributed by atoms with Gasteiger partial charge in [-0.3, -0.25) is 9.59 Å². The van der Waals surface area contributed by atoms with E-state index in [9.17, 15) is 9.59 Å². The Kier molecular flexibility index (Phi) is 11.7. The molecule has 0 radical (unpaired) electrons. The molecule has 5 nitrogen and oxygen atoms in total. The molecule has 0 unspecified atom stereocenters. The van der Waals surface area contributed by atoms with Gasteiger partial charge in [-0.05, 0) is 75.2 Å². The number of amides is 2. The Hall–Kier alpha value is -1.10. The maximum absolute atomic E-state index is 12.0. The molecule has 2 amide bonds. The molecular weight excluding hydrogens is 362 g/mol. The van der Waals surface area contributed by atoms with E-state index in [1.807, 2.05) is 0 Å². The minimum atomic E-state index is 0.187. The first kappa shape index (κ1) is 24.2. The summed E-state index contributed by atoms with van der Waals surface area (Å²) in [5.41, 5.74) is 0. The van der Waals surface area contributed by atoms with Crippen molar-refractivity contribution in [3.63, 3.8) is 0 Å². The highest BCUT2D eigenvalue weighted by Crippen LogP contribution is 2.42. The molecule has 0 aliphatic heterocycles. The average Bonchev–Trinajstić information content (AvgIpc) is 2.76. The predicted octanol–water partition coefficient (Wildman–Crippen LogP) is 4.02. The van der Waals surface area contributed by atoms with Crippen molar-refractivity contribution in [1.82, 2.24) is 16.0 Å². The number of carbonyl (C=O) groups excluding carboxylic acids is 2. The standard InChI is InChI=1S/C24H45N3O2/c1-3-16-26-17-18-27-24(29)15-9-20-6-12-22(13-7-20)21-10-4-19(5-11-21)8-14-23(28)25-2/h19-22,26H,3-18H2,1-2H3,(H,25,28)(H,27,29). The van der Waals surface area contributed by atoms with Crippen LogP contribution in [0.15, 0.2) is 0 Å². The van der Waals surface area contributed by atoms with Crippen molar-refractivity contribution < 1.29 is 9.59 Å². The summed E-state index contributed by atoms with van der Waals surface area (Å²) in [7, 11) is 1.73. The molecule has 0 spiro atoms. The van der Waals surface area contributed by atoms with E-state index in [0.29, 0.717) is 12.8 Å². The van der Waals surface area contributed by atoms with Crippen LogP contribution in [0.4, 0.5) is 0 Å². The molecule has 5 heteroatoms. The smallest absolute Gasteiger partial charge is 0.220 e. The first-order valence-electron chi connectivity index (χ1n) is 12.3. The van der Waals surface area contributed by atoms with Gasteiger partial charge < -0.3 is 16.0 Å². The maximum atomic E-state index is 12.0. The lowest BCUT2D eigenvalue weighted by Crippen LogP contribution is -2.32. The largest absolute Gasteiger partial charge is 0.359 e. The Bertz CT molecular complexity index is 467. The van der Waals surface area contributed by atoms with Crippen LogP contribution in [-0.2, 0) is 9.59 Å². The highest BCUT2D eigenvalue weighted by Gasteiger charge is 2.31. The highest BCUT2D eigenvalue weighted by atomic mass is 16.2.